The lowest BCUT2D eigenvalue weighted by atomic mass is 9.92. The highest BCUT2D eigenvalue weighted by molar-refractivity contribution is 6.30. The molecule has 98 valence electrons. The monoisotopic (exact) mass is 276 g/mol. The summed E-state index contributed by atoms with van der Waals surface area (Å²) in [5, 5.41) is 3.28. The van der Waals surface area contributed by atoms with Crippen molar-refractivity contribution in [1.82, 2.24) is 10.2 Å². The minimum atomic E-state index is -1.06. The van der Waals surface area contributed by atoms with Gasteiger partial charge in [-0.05, 0) is 31.5 Å². The molecule has 1 aromatic rings. The van der Waals surface area contributed by atoms with Gasteiger partial charge in [-0.15, -0.1) is 5.92 Å². The average Bonchev–Trinajstić information content (AvgIpc) is 2.60. The second-order valence-electron chi connectivity index (χ2n) is 4.38. The third-order valence-electron chi connectivity index (χ3n) is 3.11. The second kappa shape index (κ2) is 4.94. The third-order valence-corrected chi connectivity index (χ3v) is 3.36. The number of hydrogen-bond donors (Lipinski definition) is 1. The first-order chi connectivity index (χ1) is 8.99. The summed E-state index contributed by atoms with van der Waals surface area (Å²) < 4.78 is 0. The van der Waals surface area contributed by atoms with Crippen LogP contribution in [0.5, 0.6) is 0 Å². The number of carbonyl (C=O) groups excluding carboxylic acids is 2. The van der Waals surface area contributed by atoms with Gasteiger partial charge in [-0.1, -0.05) is 29.7 Å². The largest absolute Gasteiger partial charge is 0.326 e. The first-order valence-electron chi connectivity index (χ1n) is 5.79. The number of amides is 3. The lowest BCUT2D eigenvalue weighted by Crippen LogP contribution is -2.40. The summed E-state index contributed by atoms with van der Waals surface area (Å²) in [6, 6.07) is 6.42. The molecular formula is C14H13ClN2O2. The van der Waals surface area contributed by atoms with Gasteiger partial charge in [-0.25, -0.2) is 4.79 Å². The second-order valence-corrected chi connectivity index (χ2v) is 4.82. The van der Waals surface area contributed by atoms with Crippen molar-refractivity contribution >= 4 is 23.5 Å². The van der Waals surface area contributed by atoms with E-state index in [0.717, 1.165) is 4.90 Å². The van der Waals surface area contributed by atoms with E-state index in [4.69, 9.17) is 11.6 Å². The van der Waals surface area contributed by atoms with Crippen molar-refractivity contribution in [3.8, 4) is 11.8 Å². The number of urea groups is 1. The smallest absolute Gasteiger partial charge is 0.319 e. The Morgan fingerprint density at radius 3 is 2.53 bits per heavy atom. The van der Waals surface area contributed by atoms with Crippen molar-refractivity contribution in [3.05, 3.63) is 34.9 Å². The van der Waals surface area contributed by atoms with E-state index in [1.807, 2.05) is 0 Å². The Bertz CT molecular complexity index is 586. The molecule has 0 aliphatic carbocycles. The minimum absolute atomic E-state index is 0.102. The molecule has 2 rings (SSSR count). The van der Waals surface area contributed by atoms with E-state index >= 15 is 0 Å². The lowest BCUT2D eigenvalue weighted by molar-refractivity contribution is -0.130. The van der Waals surface area contributed by atoms with Gasteiger partial charge in [0.05, 0.1) is 6.54 Å². The van der Waals surface area contributed by atoms with Gasteiger partial charge in [-0.2, -0.15) is 0 Å². The molecule has 4 nitrogen and oxygen atoms in total. The van der Waals surface area contributed by atoms with Crippen LogP contribution in [0.2, 0.25) is 5.02 Å². The zero-order chi connectivity index (χ0) is 14.0. The van der Waals surface area contributed by atoms with Gasteiger partial charge >= 0.3 is 6.03 Å². The van der Waals surface area contributed by atoms with Crippen molar-refractivity contribution < 1.29 is 9.59 Å². The molecule has 1 fully saturated rings. The normalized spacial score (nSPS) is 21.9. The highest BCUT2D eigenvalue weighted by atomic mass is 35.5. The van der Waals surface area contributed by atoms with Gasteiger partial charge in [0, 0.05) is 5.02 Å². The van der Waals surface area contributed by atoms with Crippen molar-refractivity contribution in [3.63, 3.8) is 0 Å². The van der Waals surface area contributed by atoms with Crippen LogP contribution in [0.4, 0.5) is 4.79 Å². The van der Waals surface area contributed by atoms with Crippen LogP contribution in [-0.4, -0.2) is 23.4 Å². The van der Waals surface area contributed by atoms with Crippen LogP contribution in [0, 0.1) is 11.8 Å². The summed E-state index contributed by atoms with van der Waals surface area (Å²) in [6.07, 6.45) is 0. The first-order valence-corrected chi connectivity index (χ1v) is 6.16. The third kappa shape index (κ3) is 2.29. The molecule has 1 aromatic carbocycles. The van der Waals surface area contributed by atoms with Crippen LogP contribution >= 0.6 is 11.6 Å². The molecule has 1 saturated heterocycles. The van der Waals surface area contributed by atoms with Crippen molar-refractivity contribution in [2.24, 2.45) is 0 Å². The Kier molecular flexibility index (Phi) is 3.50. The molecule has 1 atom stereocenters. The number of hydrogen-bond acceptors (Lipinski definition) is 2. The Labute approximate surface area is 116 Å². The van der Waals surface area contributed by atoms with E-state index in [-0.39, 0.29) is 12.5 Å². The SMILES string of the molecule is CC#CCN1C(=O)N[C@@](C)(c2ccc(Cl)cc2)C1=O. The Hall–Kier alpha value is -1.99. The number of carbonyl (C=O) groups is 2. The number of benzene rings is 1. The van der Waals surface area contributed by atoms with E-state index in [1.54, 1.807) is 38.1 Å². The molecule has 0 radical (unpaired) electrons. The van der Waals surface area contributed by atoms with E-state index in [0.29, 0.717) is 10.6 Å². The Morgan fingerprint density at radius 1 is 1.32 bits per heavy atom. The zero-order valence-corrected chi connectivity index (χ0v) is 11.4. The predicted molar refractivity (Wildman–Crippen MR) is 72.5 cm³/mol. The average molecular weight is 277 g/mol. The number of imide groups is 1. The molecule has 0 aromatic heterocycles. The summed E-state index contributed by atoms with van der Waals surface area (Å²) in [6.45, 7) is 3.44. The number of nitrogens with one attached hydrogen (secondary N) is 1. The molecule has 1 aliphatic rings. The molecule has 3 amide bonds. The van der Waals surface area contributed by atoms with Crippen LogP contribution in [0.3, 0.4) is 0 Å². The summed E-state index contributed by atoms with van der Waals surface area (Å²) in [7, 11) is 0. The molecule has 0 bridgehead atoms. The molecule has 1 heterocycles. The van der Waals surface area contributed by atoms with Gasteiger partial charge in [0.25, 0.3) is 5.91 Å². The summed E-state index contributed by atoms with van der Waals surface area (Å²) >= 11 is 5.83. The van der Waals surface area contributed by atoms with Crippen LogP contribution in [-0.2, 0) is 10.3 Å². The Balaban J connectivity index is 2.34. The van der Waals surface area contributed by atoms with Gasteiger partial charge in [-0.3, -0.25) is 9.69 Å². The van der Waals surface area contributed by atoms with Gasteiger partial charge in [0.15, 0.2) is 0 Å². The quantitative estimate of drug-likeness (QED) is 0.664. The van der Waals surface area contributed by atoms with Crippen LogP contribution in [0.15, 0.2) is 24.3 Å². The Morgan fingerprint density at radius 2 is 1.95 bits per heavy atom. The molecule has 19 heavy (non-hydrogen) atoms. The topological polar surface area (TPSA) is 49.4 Å². The molecule has 1 N–H and O–H groups in total. The molecule has 0 saturated carbocycles. The lowest BCUT2D eigenvalue weighted by Gasteiger charge is -2.21. The highest BCUT2D eigenvalue weighted by Gasteiger charge is 2.48. The molecule has 0 unspecified atom stereocenters. The molecular weight excluding hydrogens is 264 g/mol. The number of nitrogens with zero attached hydrogens (tertiary/aromatic N) is 1. The first kappa shape index (κ1) is 13.4. The zero-order valence-electron chi connectivity index (χ0n) is 10.7. The maximum Gasteiger partial charge on any atom is 0.326 e. The standard InChI is InChI=1S/C14H13ClN2O2/c1-3-4-9-17-12(18)14(2,16-13(17)19)10-5-7-11(15)8-6-10/h5-8H,9H2,1-2H3,(H,16,19)/t14-/m0/s1. The van der Waals surface area contributed by atoms with Gasteiger partial charge in [0.2, 0.25) is 0 Å². The van der Waals surface area contributed by atoms with Crippen molar-refractivity contribution in [1.29, 1.82) is 0 Å². The highest BCUT2D eigenvalue weighted by Crippen LogP contribution is 2.29. The summed E-state index contributed by atoms with van der Waals surface area (Å²) in [5.74, 6) is 5.09. The number of halogens is 1. The maximum atomic E-state index is 12.4. The molecule has 0 spiro atoms. The van der Waals surface area contributed by atoms with Crippen LogP contribution in [0.1, 0.15) is 19.4 Å². The van der Waals surface area contributed by atoms with E-state index in [9.17, 15) is 9.59 Å². The van der Waals surface area contributed by atoms with E-state index in [2.05, 4.69) is 17.2 Å². The molecule has 1 aliphatic heterocycles. The van der Waals surface area contributed by atoms with Crippen LogP contribution in [0.25, 0.3) is 0 Å². The van der Waals surface area contributed by atoms with Gasteiger partial charge < -0.3 is 5.32 Å². The fourth-order valence-electron chi connectivity index (χ4n) is 1.98. The fourth-order valence-corrected chi connectivity index (χ4v) is 2.10. The maximum absolute atomic E-state index is 12.4. The van der Waals surface area contributed by atoms with Crippen molar-refractivity contribution in [2.75, 3.05) is 6.54 Å². The summed E-state index contributed by atoms with van der Waals surface area (Å²) in [4.78, 5) is 25.3. The minimum Gasteiger partial charge on any atom is -0.319 e. The molecule has 5 heteroatoms. The van der Waals surface area contributed by atoms with E-state index < -0.39 is 11.6 Å². The van der Waals surface area contributed by atoms with Gasteiger partial charge in [0.1, 0.15) is 5.54 Å². The van der Waals surface area contributed by atoms with Crippen molar-refractivity contribution in [2.45, 2.75) is 19.4 Å². The summed E-state index contributed by atoms with van der Waals surface area (Å²) in [5.41, 5.74) is -0.362. The van der Waals surface area contributed by atoms with Crippen LogP contribution < -0.4 is 5.32 Å². The van der Waals surface area contributed by atoms with E-state index in [1.165, 1.54) is 0 Å². The predicted octanol–water partition coefficient (Wildman–Crippen LogP) is 2.13. The number of rotatable bonds is 2. The fraction of sp³-hybridized carbons (Fsp3) is 0.286.